The van der Waals surface area contributed by atoms with Gasteiger partial charge < -0.3 is 10.1 Å². The van der Waals surface area contributed by atoms with Crippen LogP contribution in [0.2, 0.25) is 0 Å². The van der Waals surface area contributed by atoms with Crippen molar-refractivity contribution in [3.8, 4) is 6.07 Å². The average Bonchev–Trinajstić information content (AvgIpc) is 3.17. The highest BCUT2D eigenvalue weighted by molar-refractivity contribution is 5.85. The number of hydrogen-bond donors (Lipinski definition) is 1. The number of carbonyl (C=O) groups excluding carboxylic acids is 1. The van der Waals surface area contributed by atoms with E-state index in [4.69, 9.17) is 4.74 Å². The van der Waals surface area contributed by atoms with Crippen LogP contribution in [-0.2, 0) is 9.53 Å². The molecule has 1 aliphatic rings. The van der Waals surface area contributed by atoms with Gasteiger partial charge in [0.15, 0.2) is 0 Å². The Balaban J connectivity index is 2.48. The summed E-state index contributed by atoms with van der Waals surface area (Å²) >= 11 is 0. The molecule has 18 heavy (non-hydrogen) atoms. The normalized spacial score (nSPS) is 17.0. The predicted molar refractivity (Wildman–Crippen MR) is 69.8 cm³/mol. The summed E-state index contributed by atoms with van der Waals surface area (Å²) < 4.78 is 5.09. The lowest BCUT2D eigenvalue weighted by Crippen LogP contribution is -2.42. The van der Waals surface area contributed by atoms with E-state index >= 15 is 0 Å². The Labute approximate surface area is 110 Å². The van der Waals surface area contributed by atoms with E-state index < -0.39 is 5.41 Å². The first kappa shape index (κ1) is 15.0. The van der Waals surface area contributed by atoms with Crippen LogP contribution < -0.4 is 5.32 Å². The molecule has 0 unspecified atom stereocenters. The minimum absolute atomic E-state index is 0.112. The number of nitrogens with one attached hydrogen (secondary N) is 1. The number of methoxy groups -OCH3 is 1. The van der Waals surface area contributed by atoms with Crippen molar-refractivity contribution in [2.75, 3.05) is 20.3 Å². The minimum atomic E-state index is -0.850. The molecule has 0 radical (unpaired) electrons. The molecule has 4 heteroatoms. The molecule has 1 saturated carbocycles. The summed E-state index contributed by atoms with van der Waals surface area (Å²) in [6.07, 6.45) is 4.41. The van der Waals surface area contributed by atoms with Gasteiger partial charge in [0.05, 0.1) is 6.07 Å². The number of nitrogens with zero attached hydrogens (tertiary/aromatic N) is 1. The second-order valence-corrected chi connectivity index (χ2v) is 5.33. The molecule has 1 amide bonds. The van der Waals surface area contributed by atoms with Crippen molar-refractivity contribution in [2.45, 2.75) is 46.0 Å². The van der Waals surface area contributed by atoms with E-state index in [2.05, 4.69) is 11.4 Å². The van der Waals surface area contributed by atoms with Crippen molar-refractivity contribution in [1.29, 1.82) is 5.26 Å². The van der Waals surface area contributed by atoms with E-state index in [1.807, 2.05) is 13.8 Å². The number of ether oxygens (including phenoxy) is 1. The smallest absolute Gasteiger partial charge is 0.240 e. The van der Waals surface area contributed by atoms with Gasteiger partial charge >= 0.3 is 0 Å². The van der Waals surface area contributed by atoms with Gasteiger partial charge in [-0.05, 0) is 37.5 Å². The highest BCUT2D eigenvalue weighted by atomic mass is 16.5. The number of amides is 1. The Morgan fingerprint density at radius 3 is 2.44 bits per heavy atom. The fourth-order valence-corrected chi connectivity index (χ4v) is 2.23. The van der Waals surface area contributed by atoms with Crippen molar-refractivity contribution < 1.29 is 9.53 Å². The lowest BCUT2D eigenvalue weighted by atomic mass is 9.83. The molecule has 1 N–H and O–H groups in total. The average molecular weight is 252 g/mol. The number of carbonyl (C=O) groups is 1. The van der Waals surface area contributed by atoms with E-state index in [-0.39, 0.29) is 11.3 Å². The minimum Gasteiger partial charge on any atom is -0.385 e. The maximum absolute atomic E-state index is 12.1. The Morgan fingerprint density at radius 2 is 2.06 bits per heavy atom. The quantitative estimate of drug-likeness (QED) is 0.720. The number of hydrogen-bond acceptors (Lipinski definition) is 3. The molecule has 0 heterocycles. The zero-order chi connectivity index (χ0) is 13.6. The van der Waals surface area contributed by atoms with Crippen LogP contribution in [0, 0.1) is 22.2 Å². The molecule has 0 aromatic carbocycles. The summed E-state index contributed by atoms with van der Waals surface area (Å²) in [5.41, 5.74) is -0.619. The van der Waals surface area contributed by atoms with Crippen LogP contribution in [0.4, 0.5) is 0 Å². The van der Waals surface area contributed by atoms with Gasteiger partial charge in [-0.15, -0.1) is 0 Å². The van der Waals surface area contributed by atoms with Gasteiger partial charge in [0.1, 0.15) is 5.41 Å². The van der Waals surface area contributed by atoms with Gasteiger partial charge in [-0.25, -0.2) is 0 Å². The largest absolute Gasteiger partial charge is 0.385 e. The van der Waals surface area contributed by atoms with E-state index in [1.54, 1.807) is 7.11 Å². The molecule has 1 fully saturated rings. The standard InChI is InChI=1S/C14H24N2O2/c1-4-14(5-2,10-15)12(17)16-11-13(6-7-13)8-9-18-3/h4-9,11H2,1-3H3,(H,16,17). The number of nitriles is 1. The van der Waals surface area contributed by atoms with Crippen molar-refractivity contribution in [3.63, 3.8) is 0 Å². The summed E-state index contributed by atoms with van der Waals surface area (Å²) in [5, 5.41) is 12.2. The molecule has 0 atom stereocenters. The molecular weight excluding hydrogens is 228 g/mol. The zero-order valence-electron chi connectivity index (χ0n) is 11.7. The fourth-order valence-electron chi connectivity index (χ4n) is 2.23. The van der Waals surface area contributed by atoms with Crippen LogP contribution in [0.15, 0.2) is 0 Å². The van der Waals surface area contributed by atoms with Gasteiger partial charge in [-0.1, -0.05) is 13.8 Å². The van der Waals surface area contributed by atoms with Gasteiger partial charge in [-0.2, -0.15) is 5.26 Å². The van der Waals surface area contributed by atoms with Gasteiger partial charge in [0.25, 0.3) is 0 Å². The first-order valence-electron chi connectivity index (χ1n) is 6.76. The zero-order valence-corrected chi connectivity index (χ0v) is 11.7. The maximum Gasteiger partial charge on any atom is 0.240 e. The summed E-state index contributed by atoms with van der Waals surface area (Å²) in [4.78, 5) is 12.1. The predicted octanol–water partition coefficient (Wildman–Crippen LogP) is 2.25. The lowest BCUT2D eigenvalue weighted by Gasteiger charge is -2.24. The Hall–Kier alpha value is -1.08. The Morgan fingerprint density at radius 1 is 1.44 bits per heavy atom. The molecule has 0 bridgehead atoms. The highest BCUT2D eigenvalue weighted by Gasteiger charge is 2.43. The molecule has 0 aliphatic heterocycles. The number of rotatable bonds is 8. The van der Waals surface area contributed by atoms with E-state index in [0.717, 1.165) is 25.9 Å². The van der Waals surface area contributed by atoms with E-state index in [0.29, 0.717) is 19.4 Å². The summed E-state index contributed by atoms with van der Waals surface area (Å²) in [7, 11) is 1.70. The molecule has 1 rings (SSSR count). The Bertz CT molecular complexity index is 325. The first-order chi connectivity index (χ1) is 8.58. The highest BCUT2D eigenvalue weighted by Crippen LogP contribution is 2.48. The molecule has 102 valence electrons. The molecule has 0 saturated heterocycles. The van der Waals surface area contributed by atoms with Crippen molar-refractivity contribution in [1.82, 2.24) is 5.32 Å². The summed E-state index contributed by atoms with van der Waals surface area (Å²) in [6.45, 7) is 5.20. The van der Waals surface area contributed by atoms with Gasteiger partial charge in [0.2, 0.25) is 5.91 Å². The molecule has 0 aromatic heterocycles. The monoisotopic (exact) mass is 252 g/mol. The van der Waals surface area contributed by atoms with E-state index in [1.165, 1.54) is 0 Å². The molecule has 0 aromatic rings. The van der Waals surface area contributed by atoms with Crippen LogP contribution >= 0.6 is 0 Å². The maximum atomic E-state index is 12.1. The molecule has 0 spiro atoms. The van der Waals surface area contributed by atoms with Crippen LogP contribution in [0.5, 0.6) is 0 Å². The van der Waals surface area contributed by atoms with Crippen LogP contribution in [0.25, 0.3) is 0 Å². The second-order valence-electron chi connectivity index (χ2n) is 5.33. The SMILES string of the molecule is CCC(C#N)(CC)C(=O)NCC1(CCOC)CC1. The van der Waals surface area contributed by atoms with Crippen molar-refractivity contribution in [3.05, 3.63) is 0 Å². The molecule has 4 nitrogen and oxygen atoms in total. The van der Waals surface area contributed by atoms with Crippen molar-refractivity contribution in [2.24, 2.45) is 10.8 Å². The van der Waals surface area contributed by atoms with Crippen LogP contribution in [0.3, 0.4) is 0 Å². The lowest BCUT2D eigenvalue weighted by molar-refractivity contribution is -0.128. The van der Waals surface area contributed by atoms with Crippen LogP contribution in [0.1, 0.15) is 46.0 Å². The topological polar surface area (TPSA) is 62.1 Å². The fraction of sp³-hybridized carbons (Fsp3) is 0.857. The summed E-state index contributed by atoms with van der Waals surface area (Å²) in [5.74, 6) is -0.112. The second kappa shape index (κ2) is 6.19. The van der Waals surface area contributed by atoms with Gasteiger partial charge in [-0.3, -0.25) is 4.79 Å². The van der Waals surface area contributed by atoms with Crippen molar-refractivity contribution >= 4 is 5.91 Å². The third-order valence-electron chi connectivity index (χ3n) is 4.27. The third kappa shape index (κ3) is 3.23. The first-order valence-corrected chi connectivity index (χ1v) is 6.76. The van der Waals surface area contributed by atoms with E-state index in [9.17, 15) is 10.1 Å². The summed E-state index contributed by atoms with van der Waals surface area (Å²) in [6, 6.07) is 2.18. The van der Waals surface area contributed by atoms with Crippen LogP contribution in [-0.4, -0.2) is 26.2 Å². The third-order valence-corrected chi connectivity index (χ3v) is 4.27. The molecular formula is C14H24N2O2. The Kier molecular flexibility index (Phi) is 5.15. The van der Waals surface area contributed by atoms with Gasteiger partial charge in [0, 0.05) is 20.3 Å². The molecule has 1 aliphatic carbocycles.